The smallest absolute Gasteiger partial charge is 0.116 e. The Morgan fingerprint density at radius 3 is 2.77 bits per heavy atom. The maximum Gasteiger partial charge on any atom is 0.116 e. The normalized spacial score (nSPS) is 10.6. The van der Waals surface area contributed by atoms with Gasteiger partial charge in [0.1, 0.15) is 10.5 Å². The van der Waals surface area contributed by atoms with Gasteiger partial charge >= 0.3 is 0 Å². The minimum atomic E-state index is 0.850. The lowest BCUT2D eigenvalue weighted by Crippen LogP contribution is -2.01. The third kappa shape index (κ3) is 1.25. The fraction of sp³-hybridized carbons (Fsp3) is 0.200. The molecule has 0 N–H and O–H groups in total. The second kappa shape index (κ2) is 2.92. The highest BCUT2D eigenvalue weighted by molar-refractivity contribution is 7.71. The summed E-state index contributed by atoms with van der Waals surface area (Å²) in [6.07, 6.45) is 0. The molecular formula is C10H10N2S. The summed E-state index contributed by atoms with van der Waals surface area (Å²) >= 11 is 5.31. The average molecular weight is 190 g/mol. The predicted molar refractivity (Wildman–Crippen MR) is 56.3 cm³/mol. The fourth-order valence-corrected chi connectivity index (χ4v) is 1.63. The first-order valence-electron chi connectivity index (χ1n) is 4.12. The van der Waals surface area contributed by atoms with E-state index in [4.69, 9.17) is 12.2 Å². The molecule has 0 saturated carbocycles. The van der Waals surface area contributed by atoms with Crippen molar-refractivity contribution in [2.75, 3.05) is 0 Å². The minimum absolute atomic E-state index is 0.850. The molecule has 0 saturated heterocycles. The summed E-state index contributed by atoms with van der Waals surface area (Å²) in [5, 5.41) is 1.05. The van der Waals surface area contributed by atoms with Crippen molar-refractivity contribution in [1.29, 1.82) is 0 Å². The first-order chi connectivity index (χ1) is 6.20. The van der Waals surface area contributed by atoms with Crippen LogP contribution in [-0.2, 0) is 7.05 Å². The molecule has 0 atom stereocenters. The zero-order valence-electron chi connectivity index (χ0n) is 7.61. The highest BCUT2D eigenvalue weighted by Gasteiger charge is 1.99. The van der Waals surface area contributed by atoms with E-state index in [1.54, 1.807) is 0 Å². The predicted octanol–water partition coefficient (Wildman–Crippen LogP) is 2.61. The molecule has 0 amide bonds. The van der Waals surface area contributed by atoms with Crippen LogP contribution in [0.5, 0.6) is 0 Å². The second-order valence-corrected chi connectivity index (χ2v) is 3.43. The van der Waals surface area contributed by atoms with E-state index >= 15 is 0 Å². The third-order valence-electron chi connectivity index (χ3n) is 2.21. The molecule has 0 bridgehead atoms. The summed E-state index contributed by atoms with van der Waals surface area (Å²) in [7, 11) is 1.94. The minimum Gasteiger partial charge on any atom is -0.324 e. The van der Waals surface area contributed by atoms with Gasteiger partial charge in [-0.3, -0.25) is 0 Å². The number of benzene rings is 1. The van der Waals surface area contributed by atoms with Gasteiger partial charge in [0, 0.05) is 12.4 Å². The molecule has 2 nitrogen and oxygen atoms in total. The Kier molecular flexibility index (Phi) is 1.88. The number of rotatable bonds is 0. The number of hydrogen-bond donors (Lipinski definition) is 0. The lowest BCUT2D eigenvalue weighted by atomic mass is 10.2. The van der Waals surface area contributed by atoms with Gasteiger partial charge in [-0.25, -0.2) is 4.98 Å². The molecule has 0 radical (unpaired) electrons. The Labute approximate surface area is 81.9 Å². The maximum atomic E-state index is 5.31. The lowest BCUT2D eigenvalue weighted by molar-refractivity contribution is 0.812. The van der Waals surface area contributed by atoms with Crippen LogP contribution in [0.1, 0.15) is 5.82 Å². The van der Waals surface area contributed by atoms with Gasteiger partial charge < -0.3 is 4.57 Å². The van der Waals surface area contributed by atoms with Crippen LogP contribution >= 0.6 is 12.2 Å². The summed E-state index contributed by atoms with van der Waals surface area (Å²) < 4.78 is 2.78. The Morgan fingerprint density at radius 1 is 1.31 bits per heavy atom. The van der Waals surface area contributed by atoms with Crippen LogP contribution in [0.2, 0.25) is 0 Å². The summed E-state index contributed by atoms with van der Waals surface area (Å²) in [6.45, 7) is 1.96. The van der Waals surface area contributed by atoms with Crippen LogP contribution in [0.15, 0.2) is 24.3 Å². The molecule has 0 unspecified atom stereocenters. The standard InChI is InChI=1S/C10H10N2S/c1-7-11-9-6-4-3-5-8(9)10(13)12(7)2/h3-6H,1-2H3. The Hall–Kier alpha value is -1.22. The molecule has 13 heavy (non-hydrogen) atoms. The number of para-hydroxylation sites is 1. The van der Waals surface area contributed by atoms with Crippen molar-refractivity contribution in [2.24, 2.45) is 7.05 Å². The van der Waals surface area contributed by atoms with Gasteiger partial charge in [0.05, 0.1) is 5.52 Å². The molecule has 0 fully saturated rings. The summed E-state index contributed by atoms with van der Waals surface area (Å²) in [6, 6.07) is 7.95. The van der Waals surface area contributed by atoms with Gasteiger partial charge in [-0.2, -0.15) is 0 Å². The van der Waals surface area contributed by atoms with Crippen molar-refractivity contribution in [3.05, 3.63) is 34.7 Å². The van der Waals surface area contributed by atoms with Gasteiger partial charge in [-0.15, -0.1) is 0 Å². The number of fused-ring (bicyclic) bond motifs is 1. The second-order valence-electron chi connectivity index (χ2n) is 3.04. The summed E-state index contributed by atoms with van der Waals surface area (Å²) in [4.78, 5) is 4.43. The summed E-state index contributed by atoms with van der Waals surface area (Å²) in [5.74, 6) is 0.948. The van der Waals surface area contributed by atoms with Crippen molar-refractivity contribution in [3.63, 3.8) is 0 Å². The third-order valence-corrected chi connectivity index (χ3v) is 2.70. The Morgan fingerprint density at radius 2 is 2.00 bits per heavy atom. The summed E-state index contributed by atoms with van der Waals surface area (Å²) in [5.41, 5.74) is 0.975. The maximum absolute atomic E-state index is 5.31. The molecule has 0 aliphatic rings. The number of aryl methyl sites for hydroxylation is 1. The molecule has 2 aromatic rings. The topological polar surface area (TPSA) is 17.8 Å². The SMILES string of the molecule is Cc1nc2ccccc2c(=S)n1C. The number of aromatic nitrogens is 2. The molecule has 66 valence electrons. The van der Waals surface area contributed by atoms with Crippen LogP contribution in [0.3, 0.4) is 0 Å². The van der Waals surface area contributed by atoms with E-state index in [9.17, 15) is 0 Å². The largest absolute Gasteiger partial charge is 0.324 e. The van der Waals surface area contributed by atoms with Crippen molar-refractivity contribution in [1.82, 2.24) is 9.55 Å². The van der Waals surface area contributed by atoms with Crippen LogP contribution in [0.25, 0.3) is 10.9 Å². The average Bonchev–Trinajstić information content (AvgIpc) is 2.15. The molecule has 0 aliphatic carbocycles. The van der Waals surface area contributed by atoms with Gasteiger partial charge in [0.2, 0.25) is 0 Å². The van der Waals surface area contributed by atoms with Crippen molar-refractivity contribution in [3.8, 4) is 0 Å². The zero-order chi connectivity index (χ0) is 9.42. The lowest BCUT2D eigenvalue weighted by Gasteiger charge is -2.05. The first kappa shape index (κ1) is 8.38. The Balaban J connectivity index is 3.03. The van der Waals surface area contributed by atoms with Crippen molar-refractivity contribution in [2.45, 2.75) is 6.92 Å². The van der Waals surface area contributed by atoms with Crippen molar-refractivity contribution >= 4 is 23.1 Å². The van der Waals surface area contributed by atoms with Gasteiger partial charge in [0.25, 0.3) is 0 Å². The van der Waals surface area contributed by atoms with E-state index in [-0.39, 0.29) is 0 Å². The van der Waals surface area contributed by atoms with E-state index in [0.29, 0.717) is 0 Å². The molecule has 3 heteroatoms. The van der Waals surface area contributed by atoms with Gasteiger partial charge in [-0.05, 0) is 19.1 Å². The van der Waals surface area contributed by atoms with E-state index in [1.807, 2.05) is 42.8 Å². The van der Waals surface area contributed by atoms with E-state index < -0.39 is 0 Å². The molecule has 1 aromatic carbocycles. The van der Waals surface area contributed by atoms with Gasteiger partial charge in [-0.1, -0.05) is 24.4 Å². The molecule has 1 heterocycles. The zero-order valence-corrected chi connectivity index (χ0v) is 8.43. The van der Waals surface area contributed by atoms with E-state index in [2.05, 4.69) is 4.98 Å². The van der Waals surface area contributed by atoms with Gasteiger partial charge in [0.15, 0.2) is 0 Å². The molecule has 1 aromatic heterocycles. The molecule has 0 spiro atoms. The van der Waals surface area contributed by atoms with Crippen LogP contribution in [-0.4, -0.2) is 9.55 Å². The first-order valence-corrected chi connectivity index (χ1v) is 4.53. The molecular weight excluding hydrogens is 180 g/mol. The van der Waals surface area contributed by atoms with E-state index in [0.717, 1.165) is 21.4 Å². The van der Waals surface area contributed by atoms with Crippen LogP contribution < -0.4 is 0 Å². The van der Waals surface area contributed by atoms with Crippen molar-refractivity contribution < 1.29 is 0 Å². The number of nitrogens with zero attached hydrogens (tertiary/aromatic N) is 2. The number of hydrogen-bond acceptors (Lipinski definition) is 2. The Bertz CT molecular complexity index is 514. The highest BCUT2D eigenvalue weighted by Crippen LogP contribution is 2.13. The molecule has 0 aliphatic heterocycles. The van der Waals surface area contributed by atoms with E-state index in [1.165, 1.54) is 0 Å². The molecule has 2 rings (SSSR count). The quantitative estimate of drug-likeness (QED) is 0.594. The van der Waals surface area contributed by atoms with Crippen LogP contribution in [0.4, 0.5) is 0 Å². The van der Waals surface area contributed by atoms with Crippen LogP contribution in [0, 0.1) is 11.6 Å². The monoisotopic (exact) mass is 190 g/mol. The fourth-order valence-electron chi connectivity index (χ4n) is 1.33. The highest BCUT2D eigenvalue weighted by atomic mass is 32.1.